The van der Waals surface area contributed by atoms with E-state index in [-0.39, 0.29) is 5.56 Å². The Balaban J connectivity index is 1.66. The van der Waals surface area contributed by atoms with Crippen LogP contribution in [0.3, 0.4) is 0 Å². The fourth-order valence-corrected chi connectivity index (χ4v) is 4.55. The number of aromatic nitrogens is 2. The number of hydrogen-bond donors (Lipinski definition) is 1. The monoisotopic (exact) mass is 384 g/mol. The van der Waals surface area contributed by atoms with Crippen molar-refractivity contribution in [1.29, 1.82) is 0 Å². The van der Waals surface area contributed by atoms with Gasteiger partial charge >= 0.3 is 10.2 Å². The molecule has 7 nitrogen and oxygen atoms in total. The number of nitrogens with zero attached hydrogens (tertiary/aromatic N) is 3. The van der Waals surface area contributed by atoms with Gasteiger partial charge in [0.2, 0.25) is 0 Å². The normalized spacial score (nSPS) is 15.3. The van der Waals surface area contributed by atoms with Gasteiger partial charge in [-0.15, -0.1) is 0 Å². The third-order valence-corrected chi connectivity index (χ3v) is 6.21. The molecule has 0 radical (unpaired) electrons. The van der Waals surface area contributed by atoms with E-state index in [9.17, 15) is 13.2 Å². The summed E-state index contributed by atoms with van der Waals surface area (Å²) in [6.07, 6.45) is 3.26. The molecule has 140 valence electrons. The van der Waals surface area contributed by atoms with E-state index in [4.69, 9.17) is 0 Å². The first-order valence-electron chi connectivity index (χ1n) is 8.84. The quantitative estimate of drug-likeness (QED) is 0.731. The van der Waals surface area contributed by atoms with E-state index in [0.717, 1.165) is 18.4 Å². The maximum absolute atomic E-state index is 12.8. The lowest BCUT2D eigenvalue weighted by Crippen LogP contribution is -2.33. The van der Waals surface area contributed by atoms with Crippen LogP contribution in [-0.2, 0) is 16.8 Å². The molecule has 2 heterocycles. The lowest BCUT2D eigenvalue weighted by molar-refractivity contribution is 0.482. The summed E-state index contributed by atoms with van der Waals surface area (Å²) < 4.78 is 30.4. The first-order valence-corrected chi connectivity index (χ1v) is 10.3. The van der Waals surface area contributed by atoms with Crippen LogP contribution in [0.1, 0.15) is 18.4 Å². The van der Waals surface area contributed by atoms with Crippen LogP contribution in [0.5, 0.6) is 0 Å². The zero-order chi connectivity index (χ0) is 18.9. The van der Waals surface area contributed by atoms with Crippen molar-refractivity contribution in [3.05, 3.63) is 70.8 Å². The Bertz CT molecular complexity index is 1120. The second-order valence-electron chi connectivity index (χ2n) is 6.61. The largest absolute Gasteiger partial charge is 0.301 e. The number of hydrogen-bond acceptors (Lipinski definition) is 4. The van der Waals surface area contributed by atoms with Crippen LogP contribution in [0.15, 0.2) is 59.7 Å². The van der Waals surface area contributed by atoms with E-state index in [1.807, 2.05) is 30.3 Å². The highest BCUT2D eigenvalue weighted by molar-refractivity contribution is 7.90. The highest BCUT2D eigenvalue weighted by Crippen LogP contribution is 2.19. The Hall–Kier alpha value is -2.71. The average molecular weight is 384 g/mol. The second kappa shape index (κ2) is 7.13. The van der Waals surface area contributed by atoms with Gasteiger partial charge < -0.3 is 0 Å². The minimum absolute atomic E-state index is 0.203. The van der Waals surface area contributed by atoms with E-state index in [1.165, 1.54) is 15.2 Å². The summed E-state index contributed by atoms with van der Waals surface area (Å²) in [5.74, 6) is 0. The molecule has 1 aliphatic heterocycles. The fourth-order valence-electron chi connectivity index (χ4n) is 3.26. The molecule has 1 N–H and O–H groups in total. The Morgan fingerprint density at radius 2 is 1.78 bits per heavy atom. The van der Waals surface area contributed by atoms with Gasteiger partial charge in [-0.1, -0.05) is 30.3 Å². The summed E-state index contributed by atoms with van der Waals surface area (Å²) in [4.78, 5) is 17.2. The zero-order valence-corrected chi connectivity index (χ0v) is 15.5. The van der Waals surface area contributed by atoms with Crippen molar-refractivity contribution < 1.29 is 8.42 Å². The summed E-state index contributed by atoms with van der Waals surface area (Å²) in [7, 11) is -3.60. The number of benzene rings is 2. The summed E-state index contributed by atoms with van der Waals surface area (Å²) >= 11 is 0. The van der Waals surface area contributed by atoms with Crippen LogP contribution in [0.25, 0.3) is 10.9 Å². The topological polar surface area (TPSA) is 84.3 Å². The Morgan fingerprint density at radius 3 is 2.52 bits per heavy atom. The molecule has 4 rings (SSSR count). The number of anilines is 1. The third kappa shape index (κ3) is 3.72. The molecule has 0 aliphatic carbocycles. The molecule has 0 atom stereocenters. The van der Waals surface area contributed by atoms with Crippen LogP contribution in [0.2, 0.25) is 0 Å². The molecule has 0 spiro atoms. The van der Waals surface area contributed by atoms with E-state index < -0.39 is 10.2 Å². The van der Waals surface area contributed by atoms with Gasteiger partial charge in [0.1, 0.15) is 0 Å². The van der Waals surface area contributed by atoms with Gasteiger partial charge in [0.25, 0.3) is 5.56 Å². The fraction of sp³-hybridized carbons (Fsp3) is 0.263. The highest BCUT2D eigenvalue weighted by atomic mass is 32.2. The smallest absolute Gasteiger partial charge is 0.294 e. The lowest BCUT2D eigenvalue weighted by atomic mass is 10.2. The van der Waals surface area contributed by atoms with Crippen molar-refractivity contribution in [1.82, 2.24) is 13.9 Å². The molecule has 1 saturated heterocycles. The maximum Gasteiger partial charge on any atom is 0.301 e. The van der Waals surface area contributed by atoms with Crippen LogP contribution >= 0.6 is 0 Å². The number of fused-ring (bicyclic) bond motifs is 1. The predicted octanol–water partition coefficient (Wildman–Crippen LogP) is 2.20. The molecule has 0 saturated carbocycles. The van der Waals surface area contributed by atoms with Gasteiger partial charge in [-0.2, -0.15) is 12.7 Å². The molecule has 0 unspecified atom stereocenters. The standard InChI is InChI=1S/C19H20N4O3S/c24-19-17-12-16(21-27(25,26)23-10-4-5-11-23)8-9-18(17)20-14-22(19)13-15-6-2-1-3-7-15/h1-3,6-9,12,14,21H,4-5,10-11,13H2. The number of nitrogens with one attached hydrogen (secondary N) is 1. The summed E-state index contributed by atoms with van der Waals surface area (Å²) in [6.45, 7) is 1.45. The van der Waals surface area contributed by atoms with Crippen LogP contribution in [0, 0.1) is 0 Å². The molecular formula is C19H20N4O3S. The van der Waals surface area contributed by atoms with Crippen LogP contribution < -0.4 is 10.3 Å². The van der Waals surface area contributed by atoms with Crippen molar-refractivity contribution >= 4 is 26.8 Å². The molecule has 2 aromatic carbocycles. The predicted molar refractivity (Wildman–Crippen MR) is 105 cm³/mol. The first kappa shape index (κ1) is 17.7. The molecule has 27 heavy (non-hydrogen) atoms. The number of rotatable bonds is 5. The van der Waals surface area contributed by atoms with Gasteiger partial charge in [-0.25, -0.2) is 4.98 Å². The highest BCUT2D eigenvalue weighted by Gasteiger charge is 2.25. The molecule has 1 fully saturated rings. The van der Waals surface area contributed by atoms with E-state index in [2.05, 4.69) is 9.71 Å². The lowest BCUT2D eigenvalue weighted by Gasteiger charge is -2.17. The van der Waals surface area contributed by atoms with Gasteiger partial charge in [0, 0.05) is 13.1 Å². The van der Waals surface area contributed by atoms with E-state index >= 15 is 0 Å². The molecule has 0 amide bonds. The molecule has 1 aromatic heterocycles. The summed E-state index contributed by atoms with van der Waals surface area (Å²) in [6, 6.07) is 14.5. The second-order valence-corrected chi connectivity index (χ2v) is 8.28. The van der Waals surface area contributed by atoms with Crippen LogP contribution in [-0.4, -0.2) is 35.4 Å². The first-order chi connectivity index (χ1) is 13.0. The van der Waals surface area contributed by atoms with E-state index in [1.54, 1.807) is 18.2 Å². The van der Waals surface area contributed by atoms with Crippen molar-refractivity contribution in [3.8, 4) is 0 Å². The van der Waals surface area contributed by atoms with Gasteiger partial charge in [0.05, 0.1) is 29.5 Å². The molecule has 8 heteroatoms. The summed E-state index contributed by atoms with van der Waals surface area (Å²) in [5.41, 5.74) is 1.69. The van der Waals surface area contributed by atoms with Gasteiger partial charge in [-0.3, -0.25) is 14.1 Å². The van der Waals surface area contributed by atoms with E-state index in [0.29, 0.717) is 36.2 Å². The van der Waals surface area contributed by atoms with Crippen molar-refractivity contribution in [2.45, 2.75) is 19.4 Å². The zero-order valence-electron chi connectivity index (χ0n) is 14.7. The SMILES string of the molecule is O=c1c2cc(NS(=O)(=O)N3CCCC3)ccc2ncn1Cc1ccccc1. The minimum Gasteiger partial charge on any atom is -0.294 e. The van der Waals surface area contributed by atoms with Crippen LogP contribution in [0.4, 0.5) is 5.69 Å². The Labute approximate surface area is 157 Å². The van der Waals surface area contributed by atoms with Crippen molar-refractivity contribution in [2.24, 2.45) is 0 Å². The third-order valence-electron chi connectivity index (χ3n) is 4.67. The maximum atomic E-state index is 12.8. The molecule has 3 aromatic rings. The molecule has 0 bridgehead atoms. The van der Waals surface area contributed by atoms with Gasteiger partial charge in [-0.05, 0) is 36.6 Å². The average Bonchev–Trinajstić information content (AvgIpc) is 3.21. The Morgan fingerprint density at radius 1 is 1.04 bits per heavy atom. The van der Waals surface area contributed by atoms with Gasteiger partial charge in [0.15, 0.2) is 0 Å². The molecular weight excluding hydrogens is 364 g/mol. The molecule has 1 aliphatic rings. The summed E-state index contributed by atoms with van der Waals surface area (Å²) in [5, 5.41) is 0.384. The van der Waals surface area contributed by atoms with Crippen molar-refractivity contribution in [2.75, 3.05) is 17.8 Å². The van der Waals surface area contributed by atoms with Crippen molar-refractivity contribution in [3.63, 3.8) is 0 Å². The minimum atomic E-state index is -3.60. The Kier molecular flexibility index (Phi) is 4.67.